The molecule has 0 amide bonds. The molecule has 1 aromatic carbocycles. The van der Waals surface area contributed by atoms with Crippen molar-refractivity contribution in [3.8, 4) is 0 Å². The second kappa shape index (κ2) is 6.75. The van der Waals surface area contributed by atoms with Crippen molar-refractivity contribution in [3.63, 3.8) is 0 Å². The highest BCUT2D eigenvalue weighted by molar-refractivity contribution is 5.54. The van der Waals surface area contributed by atoms with Crippen molar-refractivity contribution < 1.29 is 4.39 Å². The zero-order valence-corrected chi connectivity index (χ0v) is 12.7. The Morgan fingerprint density at radius 2 is 1.81 bits per heavy atom. The number of halogens is 1. The zero-order chi connectivity index (χ0) is 14.7. The minimum atomic E-state index is -0.115. The van der Waals surface area contributed by atoms with Gasteiger partial charge in [-0.15, -0.1) is 0 Å². The maximum absolute atomic E-state index is 14.0. The van der Waals surface area contributed by atoms with E-state index in [-0.39, 0.29) is 5.82 Å². The lowest BCUT2D eigenvalue weighted by Crippen LogP contribution is -2.50. The van der Waals surface area contributed by atoms with Crippen LogP contribution in [-0.2, 0) is 6.42 Å². The fourth-order valence-corrected chi connectivity index (χ4v) is 3.83. The molecule has 116 valence electrons. The number of hydrogen-bond donors (Lipinski definition) is 1. The van der Waals surface area contributed by atoms with Crippen LogP contribution in [0.2, 0.25) is 0 Å². The molecular weight excluding hydrogens is 265 g/mol. The number of hydrogen-bond acceptors (Lipinski definition) is 3. The molecule has 0 spiro atoms. The summed E-state index contributed by atoms with van der Waals surface area (Å²) in [5.41, 5.74) is 7.47. The van der Waals surface area contributed by atoms with Gasteiger partial charge in [0.05, 0.1) is 0 Å². The van der Waals surface area contributed by atoms with Crippen LogP contribution in [0, 0.1) is 5.82 Å². The maximum Gasteiger partial charge on any atom is 0.128 e. The molecule has 2 N–H and O–H groups in total. The fraction of sp³-hybridized carbons (Fsp3) is 0.647. The molecule has 1 aliphatic carbocycles. The SMILES string of the molecule is NCCc1c(F)cccc1N1CCN(C2CCCC2)CC1. The van der Waals surface area contributed by atoms with Gasteiger partial charge in [0.2, 0.25) is 0 Å². The first kappa shape index (κ1) is 14.8. The van der Waals surface area contributed by atoms with E-state index in [2.05, 4.69) is 9.80 Å². The van der Waals surface area contributed by atoms with Crippen LogP contribution in [0.3, 0.4) is 0 Å². The molecule has 2 aliphatic rings. The number of benzene rings is 1. The molecule has 0 aromatic heterocycles. The first-order chi connectivity index (χ1) is 10.3. The Bertz CT molecular complexity index is 463. The molecule has 1 saturated heterocycles. The summed E-state index contributed by atoms with van der Waals surface area (Å²) in [5.74, 6) is -0.115. The monoisotopic (exact) mass is 291 g/mol. The van der Waals surface area contributed by atoms with Gasteiger partial charge in [-0.2, -0.15) is 0 Å². The number of nitrogens with zero attached hydrogens (tertiary/aromatic N) is 2. The summed E-state index contributed by atoms with van der Waals surface area (Å²) < 4.78 is 14.0. The minimum absolute atomic E-state index is 0.115. The van der Waals surface area contributed by atoms with Crippen molar-refractivity contribution in [3.05, 3.63) is 29.6 Å². The lowest BCUT2D eigenvalue weighted by molar-refractivity contribution is 0.187. The summed E-state index contributed by atoms with van der Waals surface area (Å²) in [5, 5.41) is 0. The van der Waals surface area contributed by atoms with Crippen molar-refractivity contribution >= 4 is 5.69 Å². The molecular formula is C17H26FN3. The van der Waals surface area contributed by atoms with Gasteiger partial charge in [-0.3, -0.25) is 4.90 Å². The Balaban J connectivity index is 1.67. The largest absolute Gasteiger partial charge is 0.369 e. The lowest BCUT2D eigenvalue weighted by atomic mass is 10.1. The van der Waals surface area contributed by atoms with Crippen LogP contribution in [0.5, 0.6) is 0 Å². The van der Waals surface area contributed by atoms with Crippen molar-refractivity contribution in [2.45, 2.75) is 38.1 Å². The third-order valence-corrected chi connectivity index (χ3v) is 4.98. The molecule has 1 aliphatic heterocycles. The summed E-state index contributed by atoms with van der Waals surface area (Å²) >= 11 is 0. The van der Waals surface area contributed by atoms with Gasteiger partial charge in [-0.1, -0.05) is 18.9 Å². The Labute approximate surface area is 126 Å². The zero-order valence-electron chi connectivity index (χ0n) is 12.7. The highest BCUT2D eigenvalue weighted by atomic mass is 19.1. The molecule has 0 radical (unpaired) electrons. The van der Waals surface area contributed by atoms with Gasteiger partial charge >= 0.3 is 0 Å². The van der Waals surface area contributed by atoms with E-state index in [1.165, 1.54) is 25.7 Å². The smallest absolute Gasteiger partial charge is 0.128 e. The minimum Gasteiger partial charge on any atom is -0.369 e. The summed E-state index contributed by atoms with van der Waals surface area (Å²) in [6.45, 7) is 4.69. The molecule has 1 heterocycles. The summed E-state index contributed by atoms with van der Waals surface area (Å²) in [4.78, 5) is 4.96. The summed E-state index contributed by atoms with van der Waals surface area (Å²) in [6.07, 6.45) is 6.10. The van der Waals surface area contributed by atoms with E-state index < -0.39 is 0 Å². The maximum atomic E-state index is 14.0. The number of nitrogens with two attached hydrogens (primary N) is 1. The first-order valence-electron chi connectivity index (χ1n) is 8.26. The molecule has 0 unspecified atom stereocenters. The number of piperazine rings is 1. The molecule has 1 saturated carbocycles. The van der Waals surface area contributed by atoms with Gasteiger partial charge in [0.25, 0.3) is 0 Å². The average molecular weight is 291 g/mol. The Hall–Kier alpha value is -1.13. The summed E-state index contributed by atoms with van der Waals surface area (Å²) in [7, 11) is 0. The molecule has 0 bridgehead atoms. The third kappa shape index (κ3) is 3.22. The van der Waals surface area contributed by atoms with Crippen LogP contribution in [0.1, 0.15) is 31.2 Å². The van der Waals surface area contributed by atoms with Gasteiger partial charge in [0, 0.05) is 43.5 Å². The predicted molar refractivity (Wildman–Crippen MR) is 85.2 cm³/mol. The molecule has 21 heavy (non-hydrogen) atoms. The van der Waals surface area contributed by atoms with E-state index in [1.807, 2.05) is 12.1 Å². The second-order valence-electron chi connectivity index (χ2n) is 6.24. The van der Waals surface area contributed by atoms with Gasteiger partial charge in [-0.25, -0.2) is 4.39 Å². The normalized spacial score (nSPS) is 21.1. The molecule has 2 fully saturated rings. The molecule has 3 nitrogen and oxygen atoms in total. The highest BCUT2D eigenvalue weighted by Crippen LogP contribution is 2.28. The molecule has 0 atom stereocenters. The highest BCUT2D eigenvalue weighted by Gasteiger charge is 2.27. The van der Waals surface area contributed by atoms with Gasteiger partial charge < -0.3 is 10.6 Å². The van der Waals surface area contributed by atoms with E-state index in [1.54, 1.807) is 6.07 Å². The number of anilines is 1. The van der Waals surface area contributed by atoms with Crippen molar-refractivity contribution in [2.24, 2.45) is 5.73 Å². The molecule has 3 rings (SSSR count). The van der Waals surface area contributed by atoms with E-state index in [4.69, 9.17) is 5.73 Å². The molecule has 4 heteroatoms. The Kier molecular flexibility index (Phi) is 4.76. The van der Waals surface area contributed by atoms with E-state index in [0.29, 0.717) is 13.0 Å². The van der Waals surface area contributed by atoms with Crippen LogP contribution >= 0.6 is 0 Å². The van der Waals surface area contributed by atoms with Crippen molar-refractivity contribution in [2.75, 3.05) is 37.6 Å². The van der Waals surface area contributed by atoms with Crippen LogP contribution in [0.15, 0.2) is 18.2 Å². The van der Waals surface area contributed by atoms with Crippen molar-refractivity contribution in [1.82, 2.24) is 4.90 Å². The van der Waals surface area contributed by atoms with Gasteiger partial charge in [-0.05, 0) is 37.9 Å². The number of rotatable bonds is 4. The predicted octanol–water partition coefficient (Wildman–Crippen LogP) is 2.39. The van der Waals surface area contributed by atoms with Crippen LogP contribution < -0.4 is 10.6 Å². The van der Waals surface area contributed by atoms with Crippen LogP contribution in [0.4, 0.5) is 10.1 Å². The third-order valence-electron chi connectivity index (χ3n) is 4.98. The fourth-order valence-electron chi connectivity index (χ4n) is 3.83. The topological polar surface area (TPSA) is 32.5 Å². The first-order valence-corrected chi connectivity index (χ1v) is 8.26. The quantitative estimate of drug-likeness (QED) is 0.924. The van der Waals surface area contributed by atoms with E-state index >= 15 is 0 Å². The van der Waals surface area contributed by atoms with Crippen LogP contribution in [-0.4, -0.2) is 43.7 Å². The molecule has 1 aromatic rings. The Morgan fingerprint density at radius 1 is 1.10 bits per heavy atom. The lowest BCUT2D eigenvalue weighted by Gasteiger charge is -2.39. The van der Waals surface area contributed by atoms with E-state index in [9.17, 15) is 4.39 Å². The summed E-state index contributed by atoms with van der Waals surface area (Å²) in [6, 6.07) is 6.19. The van der Waals surface area contributed by atoms with Crippen LogP contribution in [0.25, 0.3) is 0 Å². The van der Waals surface area contributed by atoms with Gasteiger partial charge in [0.15, 0.2) is 0 Å². The standard InChI is InChI=1S/C17H26FN3/c18-16-6-3-7-17(15(16)8-9-19)21-12-10-20(11-13-21)14-4-1-2-5-14/h3,6-7,14H,1-2,4-5,8-13,19H2. The second-order valence-corrected chi connectivity index (χ2v) is 6.24. The van der Waals surface area contributed by atoms with Gasteiger partial charge in [0.1, 0.15) is 5.82 Å². The van der Waals surface area contributed by atoms with E-state index in [0.717, 1.165) is 43.5 Å². The average Bonchev–Trinajstić information content (AvgIpc) is 3.04. The van der Waals surface area contributed by atoms with Crippen molar-refractivity contribution in [1.29, 1.82) is 0 Å². The Morgan fingerprint density at radius 3 is 2.48 bits per heavy atom.